The van der Waals surface area contributed by atoms with Gasteiger partial charge >= 0.3 is 0 Å². The first-order valence-corrected chi connectivity index (χ1v) is 14.8. The molecule has 9 rings (SSSR count). The molecule has 3 heterocycles. The minimum atomic E-state index is 0.677. The van der Waals surface area contributed by atoms with E-state index in [0.717, 1.165) is 50.1 Å². The van der Waals surface area contributed by atoms with Gasteiger partial charge in [0.15, 0.2) is 11.4 Å². The number of rotatable bonds is 4. The smallest absolute Gasteiger partial charge is 0.180 e. The third-order valence-electron chi connectivity index (χ3n) is 8.44. The van der Waals surface area contributed by atoms with Gasteiger partial charge in [0.2, 0.25) is 0 Å². The lowest BCUT2D eigenvalue weighted by Crippen LogP contribution is -1.94. The van der Waals surface area contributed by atoms with Crippen LogP contribution in [0.3, 0.4) is 0 Å². The van der Waals surface area contributed by atoms with Crippen LogP contribution >= 0.6 is 0 Å². The summed E-state index contributed by atoms with van der Waals surface area (Å²) < 4.78 is 8.88. The number of nitrogens with zero attached hydrogens (tertiary/aromatic N) is 3. The van der Waals surface area contributed by atoms with Gasteiger partial charge < -0.3 is 8.98 Å². The van der Waals surface area contributed by atoms with Gasteiger partial charge in [0.1, 0.15) is 16.8 Å². The first-order chi connectivity index (χ1) is 21.8. The number of hydrogen-bond donors (Lipinski definition) is 0. The maximum atomic E-state index is 6.54. The fourth-order valence-corrected chi connectivity index (χ4v) is 6.43. The molecule has 0 unspecified atom stereocenters. The van der Waals surface area contributed by atoms with E-state index in [4.69, 9.17) is 14.4 Å². The van der Waals surface area contributed by atoms with Crippen LogP contribution in [0.1, 0.15) is 0 Å². The van der Waals surface area contributed by atoms with Crippen LogP contribution in [0.5, 0.6) is 0 Å². The van der Waals surface area contributed by atoms with Gasteiger partial charge in [0.25, 0.3) is 0 Å². The van der Waals surface area contributed by atoms with Crippen LogP contribution in [-0.4, -0.2) is 14.5 Å². The first kappa shape index (κ1) is 24.6. The molecule has 4 nitrogen and oxygen atoms in total. The average Bonchev–Trinajstić information content (AvgIpc) is 3.65. The summed E-state index contributed by atoms with van der Waals surface area (Å²) in [6, 6.07) is 52.6. The second-order valence-corrected chi connectivity index (χ2v) is 11.0. The van der Waals surface area contributed by atoms with Crippen LogP contribution in [0, 0.1) is 0 Å². The van der Waals surface area contributed by atoms with Gasteiger partial charge in [-0.15, -0.1) is 0 Å². The molecule has 0 saturated carbocycles. The second kappa shape index (κ2) is 9.79. The molecule has 3 aromatic heterocycles. The highest BCUT2D eigenvalue weighted by atomic mass is 16.3. The maximum absolute atomic E-state index is 6.54. The van der Waals surface area contributed by atoms with Crippen molar-refractivity contribution in [1.29, 1.82) is 0 Å². The average molecular weight is 564 g/mol. The molecule has 0 aliphatic heterocycles. The number of para-hydroxylation sites is 2. The first-order valence-electron chi connectivity index (χ1n) is 14.8. The summed E-state index contributed by atoms with van der Waals surface area (Å²) in [5.74, 6) is 0.677. The molecule has 0 saturated heterocycles. The van der Waals surface area contributed by atoms with Crippen molar-refractivity contribution < 1.29 is 4.42 Å². The summed E-state index contributed by atoms with van der Waals surface area (Å²) in [4.78, 5) is 10.1. The Labute approximate surface area is 253 Å². The number of fused-ring (bicyclic) bond motifs is 6. The van der Waals surface area contributed by atoms with Crippen LogP contribution in [0.4, 0.5) is 0 Å². The molecule has 0 atom stereocenters. The third kappa shape index (κ3) is 3.78. The summed E-state index contributed by atoms with van der Waals surface area (Å²) in [6.07, 6.45) is 0. The molecule has 206 valence electrons. The lowest BCUT2D eigenvalue weighted by Gasteiger charge is -2.10. The van der Waals surface area contributed by atoms with Crippen LogP contribution in [0.2, 0.25) is 0 Å². The number of furan rings is 1. The topological polar surface area (TPSA) is 43.9 Å². The Balaban J connectivity index is 1.25. The molecule has 0 aliphatic carbocycles. The molecule has 6 aromatic carbocycles. The molecule has 9 aromatic rings. The Bertz CT molecular complexity index is 2420. The number of aromatic nitrogens is 3. The van der Waals surface area contributed by atoms with E-state index >= 15 is 0 Å². The quantitative estimate of drug-likeness (QED) is 0.214. The highest BCUT2D eigenvalue weighted by molar-refractivity contribution is 6.13. The molecule has 0 N–H and O–H groups in total. The van der Waals surface area contributed by atoms with E-state index in [2.05, 4.69) is 102 Å². The number of benzene rings is 6. The normalized spacial score (nSPS) is 11.6. The Morgan fingerprint density at radius 2 is 1.09 bits per heavy atom. The van der Waals surface area contributed by atoms with E-state index in [9.17, 15) is 0 Å². The lowest BCUT2D eigenvalue weighted by molar-refractivity contribution is 0.667. The molecule has 0 bridgehead atoms. The van der Waals surface area contributed by atoms with Gasteiger partial charge in [-0.2, -0.15) is 0 Å². The number of hydrogen-bond acceptors (Lipinski definition) is 3. The molecule has 44 heavy (non-hydrogen) atoms. The van der Waals surface area contributed by atoms with Gasteiger partial charge in [-0.1, -0.05) is 121 Å². The van der Waals surface area contributed by atoms with Crippen molar-refractivity contribution >= 4 is 43.9 Å². The van der Waals surface area contributed by atoms with E-state index in [1.165, 1.54) is 21.8 Å². The molecule has 0 spiro atoms. The van der Waals surface area contributed by atoms with E-state index in [1.807, 2.05) is 54.6 Å². The van der Waals surface area contributed by atoms with Gasteiger partial charge in [0, 0.05) is 27.6 Å². The maximum Gasteiger partial charge on any atom is 0.180 e. The minimum absolute atomic E-state index is 0.677. The standard InChI is InChI=1S/C40H25N3O/c1-3-12-27(13-4-1)37-39-38(42-40(41-37)28-14-5-2-6-15-28)36-30(18-11-21-35(36)44-39)26-22-24-29(25-23-26)43-33-19-9-7-16-31(33)32-17-8-10-20-34(32)43/h1-25H. The zero-order chi connectivity index (χ0) is 29.0. The summed E-state index contributed by atoms with van der Waals surface area (Å²) in [5.41, 5.74) is 10.7. The summed E-state index contributed by atoms with van der Waals surface area (Å²) in [5, 5.41) is 3.50. The fraction of sp³-hybridized carbons (Fsp3) is 0. The SMILES string of the molecule is c1ccc(-c2nc(-c3ccccc3)c3oc4cccc(-c5ccc(-n6c7ccccc7c7ccccc76)cc5)c4c3n2)cc1. The zero-order valence-electron chi connectivity index (χ0n) is 23.7. The highest BCUT2D eigenvalue weighted by Crippen LogP contribution is 2.40. The van der Waals surface area contributed by atoms with E-state index in [1.54, 1.807) is 0 Å². The van der Waals surface area contributed by atoms with Gasteiger partial charge in [0.05, 0.1) is 16.4 Å². The Kier molecular flexibility index (Phi) is 5.47. The molecule has 0 fully saturated rings. The van der Waals surface area contributed by atoms with Crippen molar-refractivity contribution in [3.8, 4) is 39.5 Å². The predicted octanol–water partition coefficient (Wildman–Crippen LogP) is 10.5. The second-order valence-electron chi connectivity index (χ2n) is 11.0. The van der Waals surface area contributed by atoms with Crippen molar-refractivity contribution in [2.24, 2.45) is 0 Å². The molecule has 0 radical (unpaired) electrons. The molecular weight excluding hydrogens is 538 g/mol. The van der Waals surface area contributed by atoms with Crippen molar-refractivity contribution in [2.45, 2.75) is 0 Å². The van der Waals surface area contributed by atoms with Crippen LogP contribution in [0.15, 0.2) is 156 Å². The summed E-state index contributed by atoms with van der Waals surface area (Å²) >= 11 is 0. The zero-order valence-corrected chi connectivity index (χ0v) is 23.7. The third-order valence-corrected chi connectivity index (χ3v) is 8.44. The van der Waals surface area contributed by atoms with Crippen LogP contribution in [0.25, 0.3) is 83.3 Å². The fourth-order valence-electron chi connectivity index (χ4n) is 6.43. The Hall–Kier alpha value is -6.00. The lowest BCUT2D eigenvalue weighted by atomic mass is 10.00. The van der Waals surface area contributed by atoms with E-state index in [0.29, 0.717) is 11.4 Å². The van der Waals surface area contributed by atoms with Gasteiger partial charge in [-0.3, -0.25) is 0 Å². The Morgan fingerprint density at radius 3 is 1.77 bits per heavy atom. The van der Waals surface area contributed by atoms with Crippen molar-refractivity contribution in [3.63, 3.8) is 0 Å². The van der Waals surface area contributed by atoms with Crippen LogP contribution in [-0.2, 0) is 0 Å². The van der Waals surface area contributed by atoms with Crippen molar-refractivity contribution in [3.05, 3.63) is 152 Å². The van der Waals surface area contributed by atoms with Crippen molar-refractivity contribution in [1.82, 2.24) is 14.5 Å². The van der Waals surface area contributed by atoms with E-state index in [-0.39, 0.29) is 0 Å². The molecule has 4 heteroatoms. The van der Waals surface area contributed by atoms with Crippen molar-refractivity contribution in [2.75, 3.05) is 0 Å². The summed E-state index contributed by atoms with van der Waals surface area (Å²) in [7, 11) is 0. The summed E-state index contributed by atoms with van der Waals surface area (Å²) in [6.45, 7) is 0. The molecule has 0 amide bonds. The predicted molar refractivity (Wildman–Crippen MR) is 180 cm³/mol. The largest absolute Gasteiger partial charge is 0.452 e. The molecular formula is C40H25N3O. The Morgan fingerprint density at radius 1 is 0.477 bits per heavy atom. The van der Waals surface area contributed by atoms with Gasteiger partial charge in [-0.05, 0) is 41.5 Å². The highest BCUT2D eigenvalue weighted by Gasteiger charge is 2.21. The van der Waals surface area contributed by atoms with E-state index < -0.39 is 0 Å². The molecule has 0 aliphatic rings. The minimum Gasteiger partial charge on any atom is -0.452 e. The monoisotopic (exact) mass is 563 g/mol. The van der Waals surface area contributed by atoms with Gasteiger partial charge in [-0.25, -0.2) is 9.97 Å². The van der Waals surface area contributed by atoms with Crippen LogP contribution < -0.4 is 0 Å².